The molecule has 0 fully saturated rings. The van der Waals surface area contributed by atoms with E-state index < -0.39 is 0 Å². The average Bonchev–Trinajstić information content (AvgIpc) is 2.26. The fourth-order valence-corrected chi connectivity index (χ4v) is 2.48. The summed E-state index contributed by atoms with van der Waals surface area (Å²) in [5.74, 6) is 0.708. The number of hydrogen-bond donors (Lipinski definition) is 1. The number of nitrogens with one attached hydrogen (secondary N) is 1. The highest BCUT2D eigenvalue weighted by Crippen LogP contribution is 2.24. The second kappa shape index (κ2) is 6.83. The van der Waals surface area contributed by atoms with Crippen molar-refractivity contribution in [1.82, 2.24) is 10.3 Å². The van der Waals surface area contributed by atoms with E-state index in [2.05, 4.69) is 32.3 Å². The van der Waals surface area contributed by atoms with Crippen LogP contribution in [-0.4, -0.2) is 23.3 Å². The molecule has 15 heavy (non-hydrogen) atoms. The van der Waals surface area contributed by atoms with E-state index in [9.17, 15) is 0 Å². The Hall–Kier alpha value is -0.570. The maximum absolute atomic E-state index is 8.85. The van der Waals surface area contributed by atoms with Gasteiger partial charge in [-0.25, -0.2) is 4.98 Å². The van der Waals surface area contributed by atoms with Crippen LogP contribution < -0.4 is 5.32 Å². The molecule has 1 rings (SSSR count). The molecule has 1 atom stereocenters. The molecule has 1 N–H and O–H groups in total. The fourth-order valence-electron chi connectivity index (χ4n) is 1.03. The van der Waals surface area contributed by atoms with E-state index in [0.717, 1.165) is 16.0 Å². The summed E-state index contributed by atoms with van der Waals surface area (Å²) in [6.45, 7) is 2.80. The lowest BCUT2D eigenvalue weighted by Crippen LogP contribution is -2.29. The van der Waals surface area contributed by atoms with Crippen LogP contribution in [0, 0.1) is 11.3 Å². The van der Waals surface area contributed by atoms with Crippen LogP contribution in [0.15, 0.2) is 27.8 Å². The molecule has 0 radical (unpaired) electrons. The standard InChI is InChI=1S/C10H12BrN3S/c1-2-13-8(6-12)7-15-10-9(11)4-3-5-14-10/h3-5,8,13H,2,7H2,1H3. The average molecular weight is 286 g/mol. The van der Waals surface area contributed by atoms with Crippen molar-refractivity contribution in [3.63, 3.8) is 0 Å². The van der Waals surface area contributed by atoms with Crippen molar-refractivity contribution in [3.05, 3.63) is 22.8 Å². The number of rotatable bonds is 5. The lowest BCUT2D eigenvalue weighted by molar-refractivity contribution is 0.677. The molecule has 0 aromatic carbocycles. The number of hydrogen-bond acceptors (Lipinski definition) is 4. The van der Waals surface area contributed by atoms with Crippen molar-refractivity contribution in [2.45, 2.75) is 18.0 Å². The first-order chi connectivity index (χ1) is 7.27. The van der Waals surface area contributed by atoms with Gasteiger partial charge >= 0.3 is 0 Å². The molecule has 1 aromatic rings. The Labute approximate surface area is 102 Å². The number of pyridine rings is 1. The Morgan fingerprint density at radius 3 is 3.13 bits per heavy atom. The predicted molar refractivity (Wildman–Crippen MR) is 65.7 cm³/mol. The third kappa shape index (κ3) is 4.20. The van der Waals surface area contributed by atoms with Gasteiger partial charge in [0.1, 0.15) is 11.1 Å². The highest BCUT2D eigenvalue weighted by molar-refractivity contribution is 9.10. The normalized spacial score (nSPS) is 12.1. The minimum Gasteiger partial charge on any atom is -0.302 e. The van der Waals surface area contributed by atoms with E-state index in [1.807, 2.05) is 19.1 Å². The van der Waals surface area contributed by atoms with Crippen LogP contribution in [0.1, 0.15) is 6.92 Å². The van der Waals surface area contributed by atoms with E-state index in [-0.39, 0.29) is 6.04 Å². The SMILES string of the molecule is CCNC(C#N)CSc1ncccc1Br. The van der Waals surface area contributed by atoms with Crippen molar-refractivity contribution < 1.29 is 0 Å². The first-order valence-corrected chi connectivity index (χ1v) is 6.42. The Morgan fingerprint density at radius 2 is 2.53 bits per heavy atom. The van der Waals surface area contributed by atoms with Crippen LogP contribution in [0.5, 0.6) is 0 Å². The molecule has 0 aliphatic rings. The van der Waals surface area contributed by atoms with Crippen LogP contribution in [0.4, 0.5) is 0 Å². The molecule has 0 aliphatic heterocycles. The fraction of sp³-hybridized carbons (Fsp3) is 0.400. The number of nitriles is 1. The van der Waals surface area contributed by atoms with Gasteiger partial charge in [-0.15, -0.1) is 11.8 Å². The number of aromatic nitrogens is 1. The zero-order chi connectivity index (χ0) is 11.1. The van der Waals surface area contributed by atoms with E-state index in [1.165, 1.54) is 0 Å². The van der Waals surface area contributed by atoms with Gasteiger partial charge in [-0.05, 0) is 34.6 Å². The van der Waals surface area contributed by atoms with Crippen LogP contribution in [0.25, 0.3) is 0 Å². The third-order valence-corrected chi connectivity index (χ3v) is 3.72. The molecule has 0 saturated heterocycles. The van der Waals surface area contributed by atoms with Gasteiger partial charge in [-0.1, -0.05) is 6.92 Å². The molecular weight excluding hydrogens is 274 g/mol. The number of nitrogens with zero attached hydrogens (tertiary/aromatic N) is 2. The van der Waals surface area contributed by atoms with Crippen molar-refractivity contribution >= 4 is 27.7 Å². The molecule has 0 bridgehead atoms. The van der Waals surface area contributed by atoms with Gasteiger partial charge in [0.25, 0.3) is 0 Å². The summed E-state index contributed by atoms with van der Waals surface area (Å²) >= 11 is 5.00. The summed E-state index contributed by atoms with van der Waals surface area (Å²) in [7, 11) is 0. The highest BCUT2D eigenvalue weighted by atomic mass is 79.9. The Balaban J connectivity index is 2.50. The van der Waals surface area contributed by atoms with Gasteiger partial charge in [0.2, 0.25) is 0 Å². The first-order valence-electron chi connectivity index (χ1n) is 4.64. The van der Waals surface area contributed by atoms with Gasteiger partial charge in [0, 0.05) is 16.4 Å². The van der Waals surface area contributed by atoms with Gasteiger partial charge < -0.3 is 5.32 Å². The molecule has 5 heteroatoms. The van der Waals surface area contributed by atoms with E-state index in [4.69, 9.17) is 5.26 Å². The largest absolute Gasteiger partial charge is 0.302 e. The number of thioether (sulfide) groups is 1. The van der Waals surface area contributed by atoms with Crippen LogP contribution >= 0.6 is 27.7 Å². The topological polar surface area (TPSA) is 48.7 Å². The smallest absolute Gasteiger partial charge is 0.110 e. The van der Waals surface area contributed by atoms with E-state index in [1.54, 1.807) is 18.0 Å². The minimum absolute atomic E-state index is 0.117. The summed E-state index contributed by atoms with van der Waals surface area (Å²) in [5, 5.41) is 12.9. The van der Waals surface area contributed by atoms with Crippen molar-refractivity contribution in [2.24, 2.45) is 0 Å². The molecule has 1 unspecified atom stereocenters. The molecule has 0 spiro atoms. The van der Waals surface area contributed by atoms with Gasteiger partial charge in [-0.3, -0.25) is 0 Å². The second-order valence-corrected chi connectivity index (χ2v) is 4.70. The third-order valence-electron chi connectivity index (χ3n) is 1.72. The minimum atomic E-state index is -0.117. The lowest BCUT2D eigenvalue weighted by Gasteiger charge is -2.09. The molecule has 0 amide bonds. The maximum atomic E-state index is 8.85. The zero-order valence-electron chi connectivity index (χ0n) is 8.40. The van der Waals surface area contributed by atoms with E-state index >= 15 is 0 Å². The molecule has 1 aromatic heterocycles. The molecule has 1 heterocycles. The second-order valence-electron chi connectivity index (χ2n) is 2.84. The molecule has 0 aliphatic carbocycles. The Bertz CT molecular complexity index is 351. The van der Waals surface area contributed by atoms with Crippen LogP contribution in [-0.2, 0) is 0 Å². The van der Waals surface area contributed by atoms with Crippen molar-refractivity contribution in [2.75, 3.05) is 12.3 Å². The summed E-state index contributed by atoms with van der Waals surface area (Å²) in [6, 6.07) is 5.92. The van der Waals surface area contributed by atoms with Gasteiger partial charge in [0.05, 0.1) is 6.07 Å². The summed E-state index contributed by atoms with van der Waals surface area (Å²) in [4.78, 5) is 4.22. The molecular formula is C10H12BrN3S. The lowest BCUT2D eigenvalue weighted by atomic mass is 10.4. The molecule has 3 nitrogen and oxygen atoms in total. The monoisotopic (exact) mass is 285 g/mol. The summed E-state index contributed by atoms with van der Waals surface area (Å²) in [6.07, 6.45) is 1.75. The van der Waals surface area contributed by atoms with Crippen molar-refractivity contribution in [3.8, 4) is 6.07 Å². The van der Waals surface area contributed by atoms with Gasteiger partial charge in [0.15, 0.2) is 0 Å². The highest BCUT2D eigenvalue weighted by Gasteiger charge is 2.08. The Kier molecular flexibility index (Phi) is 5.69. The summed E-state index contributed by atoms with van der Waals surface area (Å²) in [5.41, 5.74) is 0. The first kappa shape index (κ1) is 12.5. The van der Waals surface area contributed by atoms with Crippen molar-refractivity contribution in [1.29, 1.82) is 5.26 Å². The summed E-state index contributed by atoms with van der Waals surface area (Å²) < 4.78 is 0.975. The van der Waals surface area contributed by atoms with E-state index in [0.29, 0.717) is 5.75 Å². The van der Waals surface area contributed by atoms with Gasteiger partial charge in [-0.2, -0.15) is 5.26 Å². The number of halogens is 1. The molecule has 80 valence electrons. The quantitative estimate of drug-likeness (QED) is 0.845. The molecule has 0 saturated carbocycles. The Morgan fingerprint density at radius 1 is 1.73 bits per heavy atom. The zero-order valence-corrected chi connectivity index (χ0v) is 10.8. The van der Waals surface area contributed by atoms with Crippen LogP contribution in [0.3, 0.4) is 0 Å². The predicted octanol–water partition coefficient (Wildman–Crippen LogP) is 2.44. The maximum Gasteiger partial charge on any atom is 0.110 e. The van der Waals surface area contributed by atoms with Crippen LogP contribution in [0.2, 0.25) is 0 Å².